The SMILES string of the molecule is O=C(O)/C=C/c1cc(F)ccc1OCCN1CCOCC1. The molecule has 21 heavy (non-hydrogen) atoms. The molecule has 1 aliphatic heterocycles. The van der Waals surface area contributed by atoms with Crippen LogP contribution in [0.4, 0.5) is 4.39 Å². The normalized spacial score (nSPS) is 16.2. The van der Waals surface area contributed by atoms with Gasteiger partial charge in [-0.15, -0.1) is 0 Å². The van der Waals surface area contributed by atoms with Crippen LogP contribution in [-0.4, -0.2) is 55.4 Å². The van der Waals surface area contributed by atoms with Crippen molar-refractivity contribution in [2.24, 2.45) is 0 Å². The van der Waals surface area contributed by atoms with E-state index in [1.165, 1.54) is 24.3 Å². The Labute approximate surface area is 122 Å². The van der Waals surface area contributed by atoms with Gasteiger partial charge in [-0.25, -0.2) is 9.18 Å². The molecular weight excluding hydrogens is 277 g/mol. The van der Waals surface area contributed by atoms with Gasteiger partial charge in [0.2, 0.25) is 0 Å². The van der Waals surface area contributed by atoms with Crippen molar-refractivity contribution in [1.82, 2.24) is 4.90 Å². The van der Waals surface area contributed by atoms with Gasteiger partial charge < -0.3 is 14.6 Å². The topological polar surface area (TPSA) is 59.0 Å². The van der Waals surface area contributed by atoms with Crippen molar-refractivity contribution < 1.29 is 23.8 Å². The Balaban J connectivity index is 1.93. The van der Waals surface area contributed by atoms with E-state index in [0.717, 1.165) is 38.9 Å². The van der Waals surface area contributed by atoms with Crippen LogP contribution in [0.15, 0.2) is 24.3 Å². The predicted octanol–water partition coefficient (Wildman–Crippen LogP) is 1.63. The molecular formula is C15H18FNO4. The number of hydrogen-bond donors (Lipinski definition) is 1. The largest absolute Gasteiger partial charge is 0.492 e. The second-order valence-corrected chi connectivity index (χ2v) is 4.66. The molecule has 1 aromatic rings. The Morgan fingerprint density at radius 3 is 2.90 bits per heavy atom. The highest BCUT2D eigenvalue weighted by Crippen LogP contribution is 2.21. The molecule has 1 heterocycles. The van der Waals surface area contributed by atoms with E-state index in [9.17, 15) is 9.18 Å². The number of benzene rings is 1. The molecule has 0 spiro atoms. The van der Waals surface area contributed by atoms with Crippen LogP contribution in [0.5, 0.6) is 5.75 Å². The highest BCUT2D eigenvalue weighted by atomic mass is 19.1. The molecule has 0 aromatic heterocycles. The zero-order valence-corrected chi connectivity index (χ0v) is 11.6. The molecule has 0 bridgehead atoms. The number of aliphatic carboxylic acids is 1. The molecule has 1 aliphatic rings. The minimum atomic E-state index is -1.08. The van der Waals surface area contributed by atoms with Crippen molar-refractivity contribution in [2.45, 2.75) is 0 Å². The Kier molecular flexibility index (Phi) is 5.71. The van der Waals surface area contributed by atoms with E-state index in [4.69, 9.17) is 14.6 Å². The Bertz CT molecular complexity index is 512. The van der Waals surface area contributed by atoms with Crippen molar-refractivity contribution in [3.05, 3.63) is 35.7 Å². The van der Waals surface area contributed by atoms with Crippen molar-refractivity contribution in [2.75, 3.05) is 39.5 Å². The van der Waals surface area contributed by atoms with Gasteiger partial charge in [-0.05, 0) is 24.3 Å². The molecule has 1 fully saturated rings. The zero-order valence-electron chi connectivity index (χ0n) is 11.6. The lowest BCUT2D eigenvalue weighted by Gasteiger charge is -2.26. The van der Waals surface area contributed by atoms with E-state index < -0.39 is 11.8 Å². The summed E-state index contributed by atoms with van der Waals surface area (Å²) >= 11 is 0. The number of rotatable bonds is 6. The van der Waals surface area contributed by atoms with Crippen molar-refractivity contribution in [1.29, 1.82) is 0 Å². The monoisotopic (exact) mass is 295 g/mol. The summed E-state index contributed by atoms with van der Waals surface area (Å²) in [5.41, 5.74) is 0.416. The molecule has 1 N–H and O–H groups in total. The first-order chi connectivity index (χ1) is 10.1. The molecule has 5 nitrogen and oxygen atoms in total. The van der Waals surface area contributed by atoms with Gasteiger partial charge in [-0.2, -0.15) is 0 Å². The summed E-state index contributed by atoms with van der Waals surface area (Å²) in [5, 5.41) is 8.64. The number of halogens is 1. The third kappa shape index (κ3) is 5.17. The molecule has 0 atom stereocenters. The van der Waals surface area contributed by atoms with Crippen LogP contribution < -0.4 is 4.74 Å². The van der Waals surface area contributed by atoms with Crippen LogP contribution in [0.3, 0.4) is 0 Å². The van der Waals surface area contributed by atoms with Gasteiger partial charge in [0.1, 0.15) is 18.2 Å². The van der Waals surface area contributed by atoms with Gasteiger partial charge in [0.15, 0.2) is 0 Å². The second-order valence-electron chi connectivity index (χ2n) is 4.66. The third-order valence-electron chi connectivity index (χ3n) is 3.15. The maximum atomic E-state index is 13.2. The quantitative estimate of drug-likeness (QED) is 0.808. The van der Waals surface area contributed by atoms with Gasteiger partial charge in [-0.1, -0.05) is 0 Å². The fourth-order valence-electron chi connectivity index (χ4n) is 2.05. The Morgan fingerprint density at radius 1 is 1.43 bits per heavy atom. The first kappa shape index (κ1) is 15.5. The van der Waals surface area contributed by atoms with Crippen molar-refractivity contribution in [3.63, 3.8) is 0 Å². The van der Waals surface area contributed by atoms with Gasteiger partial charge in [0.25, 0.3) is 0 Å². The van der Waals surface area contributed by atoms with Crippen LogP contribution in [0, 0.1) is 5.82 Å². The second kappa shape index (κ2) is 7.75. The van der Waals surface area contributed by atoms with E-state index in [0.29, 0.717) is 17.9 Å². The maximum Gasteiger partial charge on any atom is 0.328 e. The third-order valence-corrected chi connectivity index (χ3v) is 3.15. The molecule has 0 amide bonds. The standard InChI is InChI=1S/C15H18FNO4/c16-13-2-3-14(12(11-13)1-4-15(18)19)21-10-7-17-5-8-20-9-6-17/h1-4,11H,5-10H2,(H,18,19)/b4-1+. The van der Waals surface area contributed by atoms with Crippen LogP contribution in [-0.2, 0) is 9.53 Å². The predicted molar refractivity (Wildman–Crippen MR) is 75.8 cm³/mol. The van der Waals surface area contributed by atoms with Crippen LogP contribution in [0.2, 0.25) is 0 Å². The fraction of sp³-hybridized carbons (Fsp3) is 0.400. The number of carboxylic acids is 1. The van der Waals surface area contributed by atoms with Crippen LogP contribution >= 0.6 is 0 Å². The molecule has 0 aliphatic carbocycles. The number of ether oxygens (including phenoxy) is 2. The summed E-state index contributed by atoms with van der Waals surface area (Å²) in [6, 6.07) is 4.06. The molecule has 1 aromatic carbocycles. The first-order valence-electron chi connectivity index (χ1n) is 6.78. The molecule has 0 radical (unpaired) electrons. The number of carbonyl (C=O) groups is 1. The van der Waals surface area contributed by atoms with Gasteiger partial charge in [0, 0.05) is 31.3 Å². The summed E-state index contributed by atoms with van der Waals surface area (Å²) in [6.45, 7) is 4.41. The lowest BCUT2D eigenvalue weighted by molar-refractivity contribution is -0.131. The summed E-state index contributed by atoms with van der Waals surface area (Å²) < 4.78 is 24.1. The average Bonchev–Trinajstić information content (AvgIpc) is 2.48. The Morgan fingerprint density at radius 2 is 2.19 bits per heavy atom. The van der Waals surface area contributed by atoms with E-state index in [-0.39, 0.29) is 0 Å². The summed E-state index contributed by atoms with van der Waals surface area (Å²) in [6.07, 6.45) is 2.29. The van der Waals surface area contributed by atoms with E-state index in [2.05, 4.69) is 4.90 Å². The first-order valence-corrected chi connectivity index (χ1v) is 6.78. The minimum absolute atomic E-state index is 0.416. The lowest BCUT2D eigenvalue weighted by atomic mass is 10.2. The van der Waals surface area contributed by atoms with Gasteiger partial charge >= 0.3 is 5.97 Å². The molecule has 0 unspecified atom stereocenters. The van der Waals surface area contributed by atoms with Crippen LogP contribution in [0.1, 0.15) is 5.56 Å². The fourth-order valence-corrected chi connectivity index (χ4v) is 2.05. The van der Waals surface area contributed by atoms with E-state index in [1.807, 2.05) is 0 Å². The molecule has 0 saturated carbocycles. The lowest BCUT2D eigenvalue weighted by Crippen LogP contribution is -2.38. The molecule has 114 valence electrons. The van der Waals surface area contributed by atoms with Crippen LogP contribution in [0.25, 0.3) is 6.08 Å². The van der Waals surface area contributed by atoms with Gasteiger partial charge in [0.05, 0.1) is 13.2 Å². The number of carboxylic acid groups (broad SMARTS) is 1. The van der Waals surface area contributed by atoms with Crippen molar-refractivity contribution in [3.8, 4) is 5.75 Å². The van der Waals surface area contributed by atoms with Gasteiger partial charge in [-0.3, -0.25) is 4.90 Å². The maximum absolute atomic E-state index is 13.2. The summed E-state index contributed by atoms with van der Waals surface area (Å²) in [7, 11) is 0. The highest BCUT2D eigenvalue weighted by molar-refractivity contribution is 5.85. The van der Waals surface area contributed by atoms with E-state index >= 15 is 0 Å². The van der Waals surface area contributed by atoms with Crippen molar-refractivity contribution >= 4 is 12.0 Å². The molecule has 2 rings (SSSR count). The number of nitrogens with zero attached hydrogens (tertiary/aromatic N) is 1. The molecule has 6 heteroatoms. The summed E-state index contributed by atoms with van der Waals surface area (Å²) in [5.74, 6) is -1.04. The highest BCUT2D eigenvalue weighted by Gasteiger charge is 2.10. The number of morpholine rings is 1. The number of hydrogen-bond acceptors (Lipinski definition) is 4. The summed E-state index contributed by atoms with van der Waals surface area (Å²) in [4.78, 5) is 12.8. The average molecular weight is 295 g/mol. The Hall–Kier alpha value is -1.92. The zero-order chi connectivity index (χ0) is 15.1. The van der Waals surface area contributed by atoms with E-state index in [1.54, 1.807) is 0 Å². The smallest absolute Gasteiger partial charge is 0.328 e. The minimum Gasteiger partial charge on any atom is -0.492 e. The molecule has 1 saturated heterocycles.